The summed E-state index contributed by atoms with van der Waals surface area (Å²) in [4.78, 5) is 14.2. The Morgan fingerprint density at radius 2 is 1.92 bits per heavy atom. The smallest absolute Gasteiger partial charge is 0.277 e. The number of carbonyl (C=O) groups excluding carboxylic acids is 1. The molecule has 0 aliphatic carbocycles. The lowest BCUT2D eigenvalue weighted by molar-refractivity contribution is 0.102. The monoisotopic (exact) mass is 341 g/mol. The number of anilines is 2. The van der Waals surface area contributed by atoms with Crippen LogP contribution < -0.4 is 10.2 Å². The minimum atomic E-state index is -0.342. The second-order valence-corrected chi connectivity index (χ2v) is 5.81. The minimum Gasteiger partial charge on any atom is -0.376 e. The SMILES string of the molecule is CN(C)c1ccc(NC(=O)c2cn(-c3ccccc3)nn2)cc1Cl. The van der Waals surface area contributed by atoms with Gasteiger partial charge in [0, 0.05) is 19.8 Å². The van der Waals surface area contributed by atoms with Crippen molar-refractivity contribution in [2.24, 2.45) is 0 Å². The van der Waals surface area contributed by atoms with Crippen molar-refractivity contribution in [2.45, 2.75) is 0 Å². The summed E-state index contributed by atoms with van der Waals surface area (Å²) in [6, 6.07) is 14.8. The maximum atomic E-state index is 12.3. The van der Waals surface area contributed by atoms with Crippen LogP contribution in [0.3, 0.4) is 0 Å². The molecule has 0 bridgehead atoms. The number of halogens is 1. The van der Waals surface area contributed by atoms with E-state index < -0.39 is 0 Å². The largest absolute Gasteiger partial charge is 0.376 e. The summed E-state index contributed by atoms with van der Waals surface area (Å²) >= 11 is 6.21. The Balaban J connectivity index is 1.76. The van der Waals surface area contributed by atoms with Gasteiger partial charge in [0.2, 0.25) is 0 Å². The number of benzene rings is 2. The van der Waals surface area contributed by atoms with Crippen LogP contribution in [-0.2, 0) is 0 Å². The highest BCUT2D eigenvalue weighted by molar-refractivity contribution is 6.33. The van der Waals surface area contributed by atoms with Crippen LogP contribution in [0.25, 0.3) is 5.69 Å². The van der Waals surface area contributed by atoms with Crippen molar-refractivity contribution in [1.29, 1.82) is 0 Å². The number of nitrogens with zero attached hydrogens (tertiary/aromatic N) is 4. The molecule has 122 valence electrons. The second-order valence-electron chi connectivity index (χ2n) is 5.40. The number of carbonyl (C=O) groups is 1. The van der Waals surface area contributed by atoms with Crippen LogP contribution >= 0.6 is 11.6 Å². The van der Waals surface area contributed by atoms with Crippen LogP contribution in [-0.4, -0.2) is 35.0 Å². The molecule has 7 heteroatoms. The van der Waals surface area contributed by atoms with Gasteiger partial charge in [0.25, 0.3) is 5.91 Å². The van der Waals surface area contributed by atoms with E-state index in [4.69, 9.17) is 11.6 Å². The summed E-state index contributed by atoms with van der Waals surface area (Å²) < 4.78 is 1.55. The lowest BCUT2D eigenvalue weighted by Gasteiger charge is -2.15. The van der Waals surface area contributed by atoms with Crippen LogP contribution in [0, 0.1) is 0 Å². The lowest BCUT2D eigenvalue weighted by Crippen LogP contribution is -2.13. The highest BCUT2D eigenvalue weighted by Crippen LogP contribution is 2.27. The van der Waals surface area contributed by atoms with Crippen molar-refractivity contribution in [3.05, 3.63) is 65.4 Å². The van der Waals surface area contributed by atoms with Gasteiger partial charge in [0.15, 0.2) is 5.69 Å². The van der Waals surface area contributed by atoms with Gasteiger partial charge in [0.05, 0.1) is 22.6 Å². The van der Waals surface area contributed by atoms with E-state index in [-0.39, 0.29) is 11.6 Å². The van der Waals surface area contributed by atoms with E-state index >= 15 is 0 Å². The van der Waals surface area contributed by atoms with Gasteiger partial charge in [-0.05, 0) is 30.3 Å². The van der Waals surface area contributed by atoms with Gasteiger partial charge in [-0.2, -0.15) is 0 Å². The van der Waals surface area contributed by atoms with Gasteiger partial charge < -0.3 is 10.2 Å². The van der Waals surface area contributed by atoms with Crippen LogP contribution in [0.1, 0.15) is 10.5 Å². The summed E-state index contributed by atoms with van der Waals surface area (Å²) in [5, 5.41) is 11.2. The molecule has 1 aromatic heterocycles. The fourth-order valence-electron chi connectivity index (χ4n) is 2.22. The lowest BCUT2D eigenvalue weighted by atomic mass is 10.2. The Morgan fingerprint density at radius 1 is 1.17 bits per heavy atom. The zero-order chi connectivity index (χ0) is 17.1. The normalized spacial score (nSPS) is 10.5. The summed E-state index contributed by atoms with van der Waals surface area (Å²) in [5.41, 5.74) is 2.55. The molecule has 3 rings (SSSR count). The van der Waals surface area contributed by atoms with Crippen molar-refractivity contribution in [2.75, 3.05) is 24.3 Å². The number of hydrogen-bond donors (Lipinski definition) is 1. The van der Waals surface area contributed by atoms with Gasteiger partial charge in [-0.1, -0.05) is 35.0 Å². The zero-order valence-electron chi connectivity index (χ0n) is 13.3. The molecule has 0 unspecified atom stereocenters. The summed E-state index contributed by atoms with van der Waals surface area (Å²) in [7, 11) is 3.81. The Bertz CT molecular complexity index is 860. The van der Waals surface area contributed by atoms with Crippen molar-refractivity contribution >= 4 is 28.9 Å². The highest BCUT2D eigenvalue weighted by atomic mass is 35.5. The first-order valence-corrected chi connectivity index (χ1v) is 7.68. The number of aromatic nitrogens is 3. The highest BCUT2D eigenvalue weighted by Gasteiger charge is 2.13. The first kappa shape index (κ1) is 16.0. The van der Waals surface area contributed by atoms with E-state index in [1.54, 1.807) is 23.0 Å². The predicted molar refractivity (Wildman–Crippen MR) is 95.1 cm³/mol. The molecule has 0 saturated carbocycles. The van der Waals surface area contributed by atoms with Crippen molar-refractivity contribution in [3.8, 4) is 5.69 Å². The maximum Gasteiger partial charge on any atom is 0.277 e. The molecule has 0 saturated heterocycles. The van der Waals surface area contributed by atoms with Crippen LogP contribution in [0.15, 0.2) is 54.7 Å². The molecular weight excluding hydrogens is 326 g/mol. The molecule has 0 aliphatic rings. The fraction of sp³-hybridized carbons (Fsp3) is 0.118. The fourth-order valence-corrected chi connectivity index (χ4v) is 2.57. The number of nitrogens with one attached hydrogen (secondary N) is 1. The van der Waals surface area contributed by atoms with E-state index in [9.17, 15) is 4.79 Å². The van der Waals surface area contributed by atoms with E-state index in [1.807, 2.05) is 55.4 Å². The Morgan fingerprint density at radius 3 is 2.58 bits per heavy atom. The molecule has 24 heavy (non-hydrogen) atoms. The number of hydrogen-bond acceptors (Lipinski definition) is 4. The summed E-state index contributed by atoms with van der Waals surface area (Å²) in [5.74, 6) is -0.342. The molecule has 0 aliphatic heterocycles. The third kappa shape index (κ3) is 3.38. The van der Waals surface area contributed by atoms with E-state index in [1.165, 1.54) is 0 Å². The van der Waals surface area contributed by atoms with Gasteiger partial charge in [-0.3, -0.25) is 4.79 Å². The van der Waals surface area contributed by atoms with Crippen molar-refractivity contribution in [3.63, 3.8) is 0 Å². The molecule has 0 atom stereocenters. The first-order valence-electron chi connectivity index (χ1n) is 7.30. The van der Waals surface area contributed by atoms with Gasteiger partial charge >= 0.3 is 0 Å². The third-order valence-corrected chi connectivity index (χ3v) is 3.74. The quantitative estimate of drug-likeness (QED) is 0.791. The minimum absolute atomic E-state index is 0.228. The first-order chi connectivity index (χ1) is 11.5. The van der Waals surface area contributed by atoms with E-state index in [2.05, 4.69) is 15.6 Å². The van der Waals surface area contributed by atoms with Crippen molar-refractivity contribution in [1.82, 2.24) is 15.0 Å². The average molecular weight is 342 g/mol. The number of rotatable bonds is 4. The Kier molecular flexibility index (Phi) is 4.48. The van der Waals surface area contributed by atoms with Gasteiger partial charge in [0.1, 0.15) is 0 Å². The second kappa shape index (κ2) is 6.72. The predicted octanol–water partition coefficient (Wildman–Crippen LogP) is 3.24. The zero-order valence-corrected chi connectivity index (χ0v) is 14.0. The molecule has 0 spiro atoms. The van der Waals surface area contributed by atoms with Gasteiger partial charge in [-0.15, -0.1) is 5.10 Å². The molecular formula is C17H16ClN5O. The van der Waals surface area contributed by atoms with Crippen LogP contribution in [0.5, 0.6) is 0 Å². The molecule has 6 nitrogen and oxygen atoms in total. The molecule has 1 heterocycles. The molecule has 1 amide bonds. The van der Waals surface area contributed by atoms with Crippen molar-refractivity contribution < 1.29 is 4.79 Å². The van der Waals surface area contributed by atoms with Crippen LogP contribution in [0.2, 0.25) is 5.02 Å². The summed E-state index contributed by atoms with van der Waals surface area (Å²) in [6.07, 6.45) is 1.58. The molecule has 2 aromatic carbocycles. The molecule has 1 N–H and O–H groups in total. The van der Waals surface area contributed by atoms with E-state index in [0.29, 0.717) is 10.7 Å². The Labute approximate surface area is 144 Å². The molecule has 0 fully saturated rings. The van der Waals surface area contributed by atoms with Crippen LogP contribution in [0.4, 0.5) is 11.4 Å². The molecule has 0 radical (unpaired) electrons. The Hall–Kier alpha value is -2.86. The van der Waals surface area contributed by atoms with E-state index in [0.717, 1.165) is 11.4 Å². The average Bonchev–Trinajstić information content (AvgIpc) is 3.05. The summed E-state index contributed by atoms with van der Waals surface area (Å²) in [6.45, 7) is 0. The topological polar surface area (TPSA) is 63.1 Å². The van der Waals surface area contributed by atoms with Gasteiger partial charge in [-0.25, -0.2) is 4.68 Å². The number of amides is 1. The third-order valence-electron chi connectivity index (χ3n) is 3.43. The maximum absolute atomic E-state index is 12.3. The standard InChI is InChI=1S/C17H16ClN5O/c1-22(2)16-9-8-12(10-14(16)18)19-17(24)15-11-23(21-20-15)13-6-4-3-5-7-13/h3-11H,1-2H3,(H,19,24). The molecule has 3 aromatic rings. The number of para-hydroxylation sites is 1.